The van der Waals surface area contributed by atoms with Gasteiger partial charge in [-0.2, -0.15) is 30.1 Å². The number of nitrogens with one attached hydrogen (secondary N) is 2. The monoisotopic (exact) mass is 488 g/mol. The van der Waals surface area contributed by atoms with E-state index in [1.54, 1.807) is 20.1 Å². The second kappa shape index (κ2) is 9.85. The quantitative estimate of drug-likeness (QED) is 0.425. The maximum absolute atomic E-state index is 9.73. The Morgan fingerprint density at radius 2 is 1.94 bits per heavy atom. The van der Waals surface area contributed by atoms with Gasteiger partial charge in [0.2, 0.25) is 11.9 Å². The summed E-state index contributed by atoms with van der Waals surface area (Å²) in [4.78, 5) is 13.5. The summed E-state index contributed by atoms with van der Waals surface area (Å²) in [5.41, 5.74) is 2.56. The number of aliphatic hydroxyl groups is 1. The van der Waals surface area contributed by atoms with Gasteiger partial charge in [0.1, 0.15) is 11.6 Å². The summed E-state index contributed by atoms with van der Waals surface area (Å²) in [6.45, 7) is 5.47. The highest BCUT2D eigenvalue weighted by Gasteiger charge is 2.26. The van der Waals surface area contributed by atoms with E-state index in [9.17, 15) is 15.6 Å². The van der Waals surface area contributed by atoms with Crippen LogP contribution in [0.4, 0.5) is 23.3 Å². The summed E-state index contributed by atoms with van der Waals surface area (Å²) in [6.07, 6.45) is 3.19. The lowest BCUT2D eigenvalue weighted by molar-refractivity contribution is 0.122. The fraction of sp³-hybridized carbons (Fsp3) is 0.458. The van der Waals surface area contributed by atoms with Crippen LogP contribution < -0.4 is 20.3 Å². The maximum Gasteiger partial charge on any atom is 0.232 e. The zero-order valence-corrected chi connectivity index (χ0v) is 20.3. The highest BCUT2D eigenvalue weighted by molar-refractivity contribution is 5.78. The van der Waals surface area contributed by atoms with Gasteiger partial charge in [-0.15, -0.1) is 0 Å². The van der Waals surface area contributed by atoms with Crippen LogP contribution in [0.5, 0.6) is 5.75 Å². The Labute approximate surface area is 208 Å². The number of anilines is 4. The highest BCUT2D eigenvalue weighted by atomic mass is 16.5. The Hall–Kier alpha value is -4.13. The van der Waals surface area contributed by atoms with Gasteiger partial charge in [-0.3, -0.25) is 4.90 Å². The molecular formula is C24H28N10O2. The van der Waals surface area contributed by atoms with E-state index >= 15 is 0 Å². The number of benzene rings is 1. The molecule has 2 fully saturated rings. The number of β-amino-alcohol motifs (C(OH)–C–C–N with tert-alkyl or cyclic N) is 1. The lowest BCUT2D eigenvalue weighted by Gasteiger charge is -2.37. The second-order valence-electron chi connectivity index (χ2n) is 9.14. The molecule has 5 rings (SSSR count). The molecule has 2 aliphatic rings. The van der Waals surface area contributed by atoms with Crippen LogP contribution in [-0.2, 0) is 0 Å². The molecule has 3 heterocycles. The molecule has 12 nitrogen and oxygen atoms in total. The van der Waals surface area contributed by atoms with Gasteiger partial charge in [0, 0.05) is 38.8 Å². The van der Waals surface area contributed by atoms with Gasteiger partial charge in [-0.05, 0) is 31.9 Å². The summed E-state index contributed by atoms with van der Waals surface area (Å²) in [5.74, 6) is 1.34. The van der Waals surface area contributed by atoms with Gasteiger partial charge in [-0.1, -0.05) is 0 Å². The van der Waals surface area contributed by atoms with Crippen LogP contribution in [0.2, 0.25) is 0 Å². The molecule has 1 aliphatic carbocycles. The van der Waals surface area contributed by atoms with Gasteiger partial charge in [0.25, 0.3) is 0 Å². The first kappa shape index (κ1) is 23.6. The number of aliphatic hydroxyl groups excluding tert-OH is 1. The lowest BCUT2D eigenvalue weighted by atomic mass is 10.1. The first-order valence-corrected chi connectivity index (χ1v) is 12.0. The number of rotatable bonds is 8. The smallest absolute Gasteiger partial charge is 0.232 e. The molecule has 36 heavy (non-hydrogen) atoms. The molecule has 1 aromatic carbocycles. The largest absolute Gasteiger partial charge is 0.492 e. The first-order valence-electron chi connectivity index (χ1n) is 12.0. The van der Waals surface area contributed by atoms with Gasteiger partial charge in [-0.25, -0.2) is 0 Å². The predicted molar refractivity (Wildman–Crippen MR) is 133 cm³/mol. The van der Waals surface area contributed by atoms with Gasteiger partial charge < -0.3 is 25.4 Å². The van der Waals surface area contributed by atoms with Crippen LogP contribution in [-0.4, -0.2) is 81.6 Å². The Morgan fingerprint density at radius 3 is 2.58 bits per heavy atom. The van der Waals surface area contributed by atoms with E-state index < -0.39 is 0 Å². The minimum Gasteiger partial charge on any atom is -0.492 e. The molecular weight excluding hydrogens is 460 g/mol. The minimum absolute atomic E-state index is 0.267. The number of hydrogen-bond donors (Lipinski definition) is 3. The molecule has 1 saturated carbocycles. The van der Waals surface area contributed by atoms with Crippen molar-refractivity contribution in [2.24, 2.45) is 0 Å². The molecule has 0 amide bonds. The van der Waals surface area contributed by atoms with Crippen molar-refractivity contribution >= 4 is 28.9 Å². The van der Waals surface area contributed by atoms with Crippen molar-refractivity contribution in [2.45, 2.75) is 31.9 Å². The highest BCUT2D eigenvalue weighted by Crippen LogP contribution is 2.39. The molecule has 3 N–H and O–H groups in total. The molecule has 12 heteroatoms. The number of methoxy groups -OCH3 is 1. The molecule has 186 valence electrons. The normalized spacial score (nSPS) is 16.9. The minimum atomic E-state index is -0.377. The van der Waals surface area contributed by atoms with Crippen LogP contribution in [0, 0.1) is 22.7 Å². The number of fused-ring (bicyclic) bond motifs is 1. The second-order valence-corrected chi connectivity index (χ2v) is 9.14. The molecule has 0 spiro atoms. The van der Waals surface area contributed by atoms with E-state index in [0.29, 0.717) is 46.7 Å². The summed E-state index contributed by atoms with van der Waals surface area (Å²) in [5, 5.41) is 39.8. The van der Waals surface area contributed by atoms with E-state index in [2.05, 4.69) is 47.6 Å². The van der Waals surface area contributed by atoms with Crippen LogP contribution >= 0.6 is 0 Å². The lowest BCUT2D eigenvalue weighted by Crippen LogP contribution is -2.48. The third-order valence-electron chi connectivity index (χ3n) is 6.28. The molecule has 2 aromatic heterocycles. The predicted octanol–water partition coefficient (Wildman–Crippen LogP) is 1.70. The van der Waals surface area contributed by atoms with Crippen molar-refractivity contribution in [3.63, 3.8) is 0 Å². The summed E-state index contributed by atoms with van der Waals surface area (Å²) < 4.78 is 7.34. The van der Waals surface area contributed by atoms with Crippen LogP contribution in [0.15, 0.2) is 18.3 Å². The number of ether oxygens (including phenoxy) is 1. The van der Waals surface area contributed by atoms with Crippen molar-refractivity contribution in [3.05, 3.63) is 29.5 Å². The van der Waals surface area contributed by atoms with Gasteiger partial charge in [0.15, 0.2) is 11.4 Å². The van der Waals surface area contributed by atoms with Crippen molar-refractivity contribution < 1.29 is 9.84 Å². The fourth-order valence-electron chi connectivity index (χ4n) is 4.40. The van der Waals surface area contributed by atoms with E-state index in [1.807, 2.05) is 6.07 Å². The van der Waals surface area contributed by atoms with E-state index in [1.165, 1.54) is 10.7 Å². The Balaban J connectivity index is 1.49. The van der Waals surface area contributed by atoms with Crippen molar-refractivity contribution in [2.75, 3.05) is 55.4 Å². The Morgan fingerprint density at radius 1 is 1.17 bits per heavy atom. The third kappa shape index (κ3) is 4.82. The Kier molecular flexibility index (Phi) is 6.46. The van der Waals surface area contributed by atoms with E-state index in [4.69, 9.17) is 4.74 Å². The van der Waals surface area contributed by atoms with Gasteiger partial charge in [0.05, 0.1) is 42.4 Å². The summed E-state index contributed by atoms with van der Waals surface area (Å²) in [7, 11) is 1.59. The third-order valence-corrected chi connectivity index (χ3v) is 6.28. The SMILES string of the molecule is COc1c(Nc2nc(NC3CC3)n3ncc(C#N)c3n2)cc(C#N)cc1N1CCN(C[C@@H](C)O)CC1. The molecule has 1 aliphatic heterocycles. The number of aromatic nitrogens is 4. The molecule has 0 bridgehead atoms. The van der Waals surface area contributed by atoms with Crippen molar-refractivity contribution in [1.82, 2.24) is 24.5 Å². The molecule has 3 aromatic rings. The van der Waals surface area contributed by atoms with Crippen LogP contribution in [0.25, 0.3) is 5.65 Å². The van der Waals surface area contributed by atoms with Crippen molar-refractivity contribution in [1.29, 1.82) is 10.5 Å². The zero-order valence-electron chi connectivity index (χ0n) is 20.3. The fourth-order valence-corrected chi connectivity index (χ4v) is 4.40. The topological polar surface area (TPSA) is 151 Å². The van der Waals surface area contributed by atoms with E-state index in [0.717, 1.165) is 44.7 Å². The molecule has 0 unspecified atom stereocenters. The molecule has 0 radical (unpaired) electrons. The zero-order chi connectivity index (χ0) is 25.2. The van der Waals surface area contributed by atoms with Gasteiger partial charge >= 0.3 is 0 Å². The summed E-state index contributed by atoms with van der Waals surface area (Å²) in [6, 6.07) is 8.20. The number of nitriles is 2. The standard InChI is InChI=1S/C24H28N10O2/c1-15(35)14-32-5-7-33(8-6-32)20-10-16(11-25)9-19(21(20)36-2)29-23-30-22-17(12-26)13-27-34(22)24(31-23)28-18-3-4-18/h9-10,13,15,18,35H,3-8,14H2,1-2H3,(H2,28,29,30,31)/t15-/m1/s1. The van der Waals surface area contributed by atoms with Crippen molar-refractivity contribution in [3.8, 4) is 17.9 Å². The van der Waals surface area contributed by atoms with Crippen LogP contribution in [0.1, 0.15) is 30.9 Å². The summed E-state index contributed by atoms with van der Waals surface area (Å²) >= 11 is 0. The van der Waals surface area contributed by atoms with Crippen LogP contribution in [0.3, 0.4) is 0 Å². The molecule has 1 atom stereocenters. The number of hydrogen-bond acceptors (Lipinski definition) is 11. The number of piperazine rings is 1. The maximum atomic E-state index is 9.73. The first-order chi connectivity index (χ1) is 17.5. The number of nitrogens with zero attached hydrogens (tertiary/aromatic N) is 8. The average molecular weight is 489 g/mol. The van der Waals surface area contributed by atoms with E-state index in [-0.39, 0.29) is 12.1 Å². The molecule has 1 saturated heterocycles. The Bertz CT molecular complexity index is 1340. The average Bonchev–Trinajstić information content (AvgIpc) is 3.59.